The van der Waals surface area contributed by atoms with Crippen LogP contribution in [0.2, 0.25) is 0 Å². The lowest BCUT2D eigenvalue weighted by molar-refractivity contribution is -0.141. The van der Waals surface area contributed by atoms with Gasteiger partial charge in [0.15, 0.2) is 0 Å². The van der Waals surface area contributed by atoms with E-state index in [-0.39, 0.29) is 5.92 Å². The maximum atomic E-state index is 10.8. The Morgan fingerprint density at radius 1 is 1.50 bits per heavy atom. The molecule has 0 aliphatic rings. The first-order valence-electron chi connectivity index (χ1n) is 4.91. The number of carbonyl (C=O) groups is 1. The monoisotopic (exact) mass is 192 g/mol. The summed E-state index contributed by atoms with van der Waals surface area (Å²) in [6.07, 6.45) is 1.32. The topological polar surface area (TPSA) is 37.3 Å². The third-order valence-electron chi connectivity index (χ3n) is 2.41. The Labute approximate surface area is 84.6 Å². The largest absolute Gasteiger partial charge is 0.481 e. The molecule has 0 heterocycles. The van der Waals surface area contributed by atoms with Crippen molar-refractivity contribution in [3.05, 3.63) is 35.4 Å². The minimum atomic E-state index is -0.700. The van der Waals surface area contributed by atoms with Crippen LogP contribution in [0, 0.1) is 12.8 Å². The van der Waals surface area contributed by atoms with E-state index in [9.17, 15) is 4.79 Å². The molecule has 0 saturated carbocycles. The molecular formula is C12H16O2. The van der Waals surface area contributed by atoms with Gasteiger partial charge >= 0.3 is 5.97 Å². The number of aryl methyl sites for hydroxylation is 1. The van der Waals surface area contributed by atoms with Crippen LogP contribution in [0.25, 0.3) is 0 Å². The van der Waals surface area contributed by atoms with Crippen molar-refractivity contribution in [1.29, 1.82) is 0 Å². The Hall–Kier alpha value is -1.31. The van der Waals surface area contributed by atoms with Crippen LogP contribution < -0.4 is 0 Å². The first-order chi connectivity index (χ1) is 6.63. The third-order valence-corrected chi connectivity index (χ3v) is 2.41. The summed E-state index contributed by atoms with van der Waals surface area (Å²) in [7, 11) is 0. The normalized spacial score (nSPS) is 12.4. The molecule has 0 amide bonds. The van der Waals surface area contributed by atoms with Crippen LogP contribution in [-0.4, -0.2) is 11.1 Å². The highest BCUT2D eigenvalue weighted by Crippen LogP contribution is 2.13. The lowest BCUT2D eigenvalue weighted by atomic mass is 9.96. The van der Waals surface area contributed by atoms with Crippen LogP contribution in [0.15, 0.2) is 24.3 Å². The maximum absolute atomic E-state index is 10.8. The number of benzene rings is 1. The molecule has 1 rings (SSSR count). The molecule has 1 aromatic carbocycles. The first kappa shape index (κ1) is 10.8. The quantitative estimate of drug-likeness (QED) is 0.796. The summed E-state index contributed by atoms with van der Waals surface area (Å²) in [5, 5.41) is 8.90. The lowest BCUT2D eigenvalue weighted by Gasteiger charge is -2.09. The van der Waals surface area contributed by atoms with Crippen molar-refractivity contribution in [3.8, 4) is 0 Å². The molecule has 0 aliphatic heterocycles. The molecule has 14 heavy (non-hydrogen) atoms. The zero-order valence-corrected chi connectivity index (χ0v) is 8.66. The molecule has 1 atom stereocenters. The van der Waals surface area contributed by atoms with Crippen molar-refractivity contribution in [2.24, 2.45) is 5.92 Å². The van der Waals surface area contributed by atoms with Crippen molar-refractivity contribution >= 4 is 5.97 Å². The number of carboxylic acid groups (broad SMARTS) is 1. The van der Waals surface area contributed by atoms with E-state index in [0.29, 0.717) is 12.8 Å². The smallest absolute Gasteiger partial charge is 0.306 e. The zero-order chi connectivity index (χ0) is 10.6. The van der Waals surface area contributed by atoms with Crippen LogP contribution in [0.5, 0.6) is 0 Å². The zero-order valence-electron chi connectivity index (χ0n) is 8.66. The fourth-order valence-corrected chi connectivity index (χ4v) is 1.53. The van der Waals surface area contributed by atoms with E-state index >= 15 is 0 Å². The molecule has 0 saturated heterocycles. The van der Waals surface area contributed by atoms with Gasteiger partial charge in [-0.25, -0.2) is 0 Å². The molecule has 2 heteroatoms. The summed E-state index contributed by atoms with van der Waals surface area (Å²) in [6, 6.07) is 8.02. The van der Waals surface area contributed by atoms with E-state index in [1.165, 1.54) is 5.56 Å². The number of rotatable bonds is 4. The minimum Gasteiger partial charge on any atom is -0.481 e. The summed E-state index contributed by atoms with van der Waals surface area (Å²) in [5.74, 6) is -0.953. The lowest BCUT2D eigenvalue weighted by Crippen LogP contribution is -2.15. The van der Waals surface area contributed by atoms with Gasteiger partial charge in [0.05, 0.1) is 5.92 Å². The van der Waals surface area contributed by atoms with Crippen molar-refractivity contribution < 1.29 is 9.90 Å². The van der Waals surface area contributed by atoms with Gasteiger partial charge in [0.1, 0.15) is 0 Å². The molecule has 0 aliphatic carbocycles. The fraction of sp³-hybridized carbons (Fsp3) is 0.417. The summed E-state index contributed by atoms with van der Waals surface area (Å²) in [5.41, 5.74) is 2.29. The van der Waals surface area contributed by atoms with Gasteiger partial charge in [-0.05, 0) is 25.3 Å². The van der Waals surface area contributed by atoms with Gasteiger partial charge in [-0.2, -0.15) is 0 Å². The maximum Gasteiger partial charge on any atom is 0.306 e. The van der Waals surface area contributed by atoms with Crippen LogP contribution >= 0.6 is 0 Å². The molecular weight excluding hydrogens is 176 g/mol. The first-order valence-corrected chi connectivity index (χ1v) is 4.91. The number of carboxylic acids is 1. The third kappa shape index (κ3) is 2.87. The Bertz CT molecular complexity index is 318. The SMILES string of the molecule is CC[C@@H](Cc1cccc(C)c1)C(=O)O. The minimum absolute atomic E-state index is 0.253. The average Bonchev–Trinajstić information content (AvgIpc) is 2.14. The van der Waals surface area contributed by atoms with E-state index in [1.54, 1.807) is 0 Å². The fourth-order valence-electron chi connectivity index (χ4n) is 1.53. The van der Waals surface area contributed by atoms with Crippen molar-refractivity contribution in [2.45, 2.75) is 26.7 Å². The molecule has 0 radical (unpaired) electrons. The molecule has 0 spiro atoms. The van der Waals surface area contributed by atoms with E-state index in [1.807, 2.05) is 38.1 Å². The highest BCUT2D eigenvalue weighted by molar-refractivity contribution is 5.70. The summed E-state index contributed by atoms with van der Waals surface area (Å²) < 4.78 is 0. The van der Waals surface area contributed by atoms with Crippen LogP contribution in [0.3, 0.4) is 0 Å². The average molecular weight is 192 g/mol. The molecule has 0 fully saturated rings. The van der Waals surface area contributed by atoms with E-state index in [4.69, 9.17) is 5.11 Å². The highest BCUT2D eigenvalue weighted by Gasteiger charge is 2.15. The van der Waals surface area contributed by atoms with Crippen LogP contribution in [0.1, 0.15) is 24.5 Å². The van der Waals surface area contributed by atoms with E-state index in [0.717, 1.165) is 5.56 Å². The number of hydrogen-bond acceptors (Lipinski definition) is 1. The van der Waals surface area contributed by atoms with Crippen molar-refractivity contribution in [1.82, 2.24) is 0 Å². The van der Waals surface area contributed by atoms with Gasteiger partial charge in [0.25, 0.3) is 0 Å². The Kier molecular flexibility index (Phi) is 3.69. The Morgan fingerprint density at radius 2 is 2.21 bits per heavy atom. The summed E-state index contributed by atoms with van der Waals surface area (Å²) in [4.78, 5) is 10.8. The van der Waals surface area contributed by atoms with Gasteiger partial charge in [0.2, 0.25) is 0 Å². The van der Waals surface area contributed by atoms with Gasteiger partial charge < -0.3 is 5.11 Å². The van der Waals surface area contributed by atoms with Gasteiger partial charge in [0, 0.05) is 0 Å². The Balaban J connectivity index is 2.72. The predicted octanol–water partition coefficient (Wildman–Crippen LogP) is 2.65. The molecule has 0 aromatic heterocycles. The molecule has 76 valence electrons. The Morgan fingerprint density at radius 3 is 2.71 bits per heavy atom. The number of aliphatic carboxylic acids is 1. The molecule has 1 aromatic rings. The molecule has 0 bridgehead atoms. The molecule has 0 unspecified atom stereocenters. The second kappa shape index (κ2) is 4.80. The molecule has 1 N–H and O–H groups in total. The van der Waals surface area contributed by atoms with Crippen molar-refractivity contribution in [2.75, 3.05) is 0 Å². The number of hydrogen-bond donors (Lipinski definition) is 1. The van der Waals surface area contributed by atoms with Gasteiger partial charge in [-0.1, -0.05) is 36.8 Å². The predicted molar refractivity (Wildman–Crippen MR) is 56.3 cm³/mol. The van der Waals surface area contributed by atoms with Gasteiger partial charge in [-0.3, -0.25) is 4.79 Å². The van der Waals surface area contributed by atoms with Crippen LogP contribution in [0.4, 0.5) is 0 Å². The van der Waals surface area contributed by atoms with Gasteiger partial charge in [-0.15, -0.1) is 0 Å². The highest BCUT2D eigenvalue weighted by atomic mass is 16.4. The molecule has 2 nitrogen and oxygen atoms in total. The van der Waals surface area contributed by atoms with Crippen LogP contribution in [-0.2, 0) is 11.2 Å². The second-order valence-electron chi connectivity index (χ2n) is 3.64. The second-order valence-corrected chi connectivity index (χ2v) is 3.64. The standard InChI is InChI=1S/C12H16O2/c1-3-11(12(13)14)8-10-6-4-5-9(2)7-10/h4-7,11H,3,8H2,1-2H3,(H,13,14)/t11-/m0/s1. The summed E-state index contributed by atoms with van der Waals surface area (Å²) in [6.45, 7) is 3.93. The van der Waals surface area contributed by atoms with Crippen molar-refractivity contribution in [3.63, 3.8) is 0 Å². The van der Waals surface area contributed by atoms with E-state index < -0.39 is 5.97 Å². The van der Waals surface area contributed by atoms with E-state index in [2.05, 4.69) is 0 Å². The summed E-state index contributed by atoms with van der Waals surface area (Å²) >= 11 is 0.